The molecule has 0 bridgehead atoms. The molecule has 0 atom stereocenters. The summed E-state index contributed by atoms with van der Waals surface area (Å²) in [5.41, 5.74) is 5.76. The predicted molar refractivity (Wildman–Crippen MR) is 68.3 cm³/mol. The standard InChI is InChI=1S/C9H17N3OS2/c1-11-8(13)12-5-3-9(15-2,4-6-12)7(10)14/h3-6H2,1-2H3,(H2,10,14)(H,11,13). The van der Waals surface area contributed by atoms with Gasteiger partial charge in [-0.1, -0.05) is 12.2 Å². The molecule has 1 rings (SSSR count). The van der Waals surface area contributed by atoms with Crippen LogP contribution in [-0.4, -0.2) is 47.1 Å². The second-order valence-corrected chi connectivity index (χ2v) is 5.23. The molecule has 0 saturated carbocycles. The van der Waals surface area contributed by atoms with E-state index in [-0.39, 0.29) is 10.8 Å². The number of nitrogens with one attached hydrogen (secondary N) is 1. The van der Waals surface area contributed by atoms with Gasteiger partial charge in [-0.3, -0.25) is 0 Å². The first-order chi connectivity index (χ1) is 7.05. The monoisotopic (exact) mass is 247 g/mol. The molecule has 4 nitrogen and oxygen atoms in total. The number of likely N-dealkylation sites (tertiary alicyclic amines) is 1. The lowest BCUT2D eigenvalue weighted by Gasteiger charge is -2.39. The summed E-state index contributed by atoms with van der Waals surface area (Å²) >= 11 is 6.80. The molecule has 1 heterocycles. The molecule has 0 unspecified atom stereocenters. The van der Waals surface area contributed by atoms with Crippen molar-refractivity contribution in [3.63, 3.8) is 0 Å². The van der Waals surface area contributed by atoms with Gasteiger partial charge in [0.2, 0.25) is 0 Å². The maximum Gasteiger partial charge on any atom is 0.317 e. The molecule has 1 aliphatic heterocycles. The van der Waals surface area contributed by atoms with Crippen molar-refractivity contribution in [2.45, 2.75) is 17.6 Å². The number of nitrogens with zero attached hydrogens (tertiary/aromatic N) is 1. The first-order valence-electron chi connectivity index (χ1n) is 4.87. The van der Waals surface area contributed by atoms with Crippen LogP contribution >= 0.6 is 24.0 Å². The molecule has 0 aromatic heterocycles. The highest BCUT2D eigenvalue weighted by Gasteiger charge is 2.37. The first kappa shape index (κ1) is 12.6. The second-order valence-electron chi connectivity index (χ2n) is 3.60. The van der Waals surface area contributed by atoms with Gasteiger partial charge in [-0.25, -0.2) is 4.79 Å². The van der Waals surface area contributed by atoms with E-state index in [4.69, 9.17) is 18.0 Å². The minimum Gasteiger partial charge on any atom is -0.392 e. The topological polar surface area (TPSA) is 58.4 Å². The maximum atomic E-state index is 11.4. The fraction of sp³-hybridized carbons (Fsp3) is 0.778. The Morgan fingerprint density at radius 3 is 2.40 bits per heavy atom. The summed E-state index contributed by atoms with van der Waals surface area (Å²) in [6.07, 6.45) is 3.71. The van der Waals surface area contributed by atoms with Crippen LogP contribution in [0.4, 0.5) is 4.79 Å². The zero-order valence-corrected chi connectivity index (χ0v) is 10.7. The number of hydrogen-bond acceptors (Lipinski definition) is 3. The smallest absolute Gasteiger partial charge is 0.317 e. The van der Waals surface area contributed by atoms with Crippen molar-refractivity contribution in [1.82, 2.24) is 10.2 Å². The van der Waals surface area contributed by atoms with Crippen LogP contribution in [0, 0.1) is 0 Å². The molecule has 0 radical (unpaired) electrons. The molecule has 2 amide bonds. The number of nitrogens with two attached hydrogens (primary N) is 1. The van der Waals surface area contributed by atoms with Gasteiger partial charge in [0.1, 0.15) is 0 Å². The number of carbonyl (C=O) groups excluding carboxylic acids is 1. The van der Waals surface area contributed by atoms with Crippen LogP contribution in [-0.2, 0) is 0 Å². The molecule has 0 spiro atoms. The normalized spacial score (nSPS) is 19.7. The number of amides is 2. The van der Waals surface area contributed by atoms with Crippen molar-refractivity contribution in [3.8, 4) is 0 Å². The minimum atomic E-state index is -0.111. The number of carbonyl (C=O) groups is 1. The summed E-state index contributed by atoms with van der Waals surface area (Å²) in [4.78, 5) is 13.7. The van der Waals surface area contributed by atoms with Gasteiger partial charge in [0, 0.05) is 20.1 Å². The molecule has 6 heteroatoms. The number of thioether (sulfide) groups is 1. The number of rotatable bonds is 2. The fourth-order valence-corrected chi connectivity index (χ4v) is 3.03. The Balaban J connectivity index is 2.61. The lowest BCUT2D eigenvalue weighted by Crippen LogP contribution is -2.52. The predicted octanol–water partition coefficient (Wildman–Crippen LogP) is 0.810. The number of thiocarbonyl (C=S) groups is 1. The molecule has 0 aromatic carbocycles. The minimum absolute atomic E-state index is 0.0207. The van der Waals surface area contributed by atoms with Crippen molar-refractivity contribution < 1.29 is 4.79 Å². The summed E-state index contributed by atoms with van der Waals surface area (Å²) in [6.45, 7) is 1.44. The third-order valence-electron chi connectivity index (χ3n) is 2.91. The van der Waals surface area contributed by atoms with Gasteiger partial charge in [-0.15, -0.1) is 0 Å². The largest absolute Gasteiger partial charge is 0.392 e. The summed E-state index contributed by atoms with van der Waals surface area (Å²) in [7, 11) is 1.65. The van der Waals surface area contributed by atoms with Crippen LogP contribution in [0.1, 0.15) is 12.8 Å². The van der Waals surface area contributed by atoms with Crippen molar-refractivity contribution in [2.75, 3.05) is 26.4 Å². The zero-order chi connectivity index (χ0) is 11.5. The molecule has 0 aromatic rings. The maximum absolute atomic E-state index is 11.4. The lowest BCUT2D eigenvalue weighted by atomic mass is 9.96. The highest BCUT2D eigenvalue weighted by atomic mass is 32.2. The Kier molecular flexibility index (Phi) is 4.21. The molecule has 86 valence electrons. The molecule has 15 heavy (non-hydrogen) atoms. The van der Waals surface area contributed by atoms with Gasteiger partial charge < -0.3 is 16.0 Å². The first-order valence-corrected chi connectivity index (χ1v) is 6.51. The molecule has 1 saturated heterocycles. The van der Waals surface area contributed by atoms with Gasteiger partial charge in [-0.05, 0) is 19.1 Å². The van der Waals surface area contributed by atoms with E-state index in [9.17, 15) is 4.79 Å². The Labute approximate surface area is 99.9 Å². The Bertz CT molecular complexity index is 262. The van der Waals surface area contributed by atoms with E-state index in [1.165, 1.54) is 0 Å². The Hall–Kier alpha value is -0.490. The van der Waals surface area contributed by atoms with Crippen molar-refractivity contribution >= 4 is 35.0 Å². The SMILES string of the molecule is CNC(=O)N1CCC(SC)(C(N)=S)CC1. The lowest BCUT2D eigenvalue weighted by molar-refractivity contribution is 0.186. The van der Waals surface area contributed by atoms with Crippen molar-refractivity contribution in [3.05, 3.63) is 0 Å². The van der Waals surface area contributed by atoms with Gasteiger partial charge >= 0.3 is 6.03 Å². The quantitative estimate of drug-likeness (QED) is 0.709. The summed E-state index contributed by atoms with van der Waals surface area (Å²) < 4.78 is -0.111. The van der Waals surface area contributed by atoms with E-state index in [0.29, 0.717) is 4.99 Å². The molecular weight excluding hydrogens is 230 g/mol. The van der Waals surface area contributed by atoms with E-state index in [1.807, 2.05) is 6.26 Å². The number of hydrogen-bond donors (Lipinski definition) is 2. The number of urea groups is 1. The van der Waals surface area contributed by atoms with Crippen LogP contribution in [0.25, 0.3) is 0 Å². The van der Waals surface area contributed by atoms with Gasteiger partial charge in [-0.2, -0.15) is 11.8 Å². The highest BCUT2D eigenvalue weighted by Crippen LogP contribution is 2.34. The number of piperidine rings is 1. The van der Waals surface area contributed by atoms with E-state index in [0.717, 1.165) is 25.9 Å². The van der Waals surface area contributed by atoms with Crippen molar-refractivity contribution in [2.24, 2.45) is 5.73 Å². The van der Waals surface area contributed by atoms with Crippen molar-refractivity contribution in [1.29, 1.82) is 0 Å². The van der Waals surface area contributed by atoms with E-state index in [1.54, 1.807) is 23.7 Å². The molecular formula is C9H17N3OS2. The zero-order valence-electron chi connectivity index (χ0n) is 9.08. The third kappa shape index (κ3) is 2.55. The fourth-order valence-electron chi connectivity index (χ4n) is 1.78. The van der Waals surface area contributed by atoms with Crippen LogP contribution in [0.5, 0.6) is 0 Å². The van der Waals surface area contributed by atoms with E-state index < -0.39 is 0 Å². The van der Waals surface area contributed by atoms with E-state index in [2.05, 4.69) is 5.32 Å². The van der Waals surface area contributed by atoms with Crippen LogP contribution < -0.4 is 11.1 Å². The van der Waals surface area contributed by atoms with Crippen LogP contribution in [0.2, 0.25) is 0 Å². The average molecular weight is 247 g/mol. The Morgan fingerprint density at radius 2 is 2.07 bits per heavy atom. The molecule has 1 fully saturated rings. The molecule has 0 aliphatic carbocycles. The van der Waals surface area contributed by atoms with Crippen LogP contribution in [0.15, 0.2) is 0 Å². The highest BCUT2D eigenvalue weighted by molar-refractivity contribution is 8.02. The van der Waals surface area contributed by atoms with Gasteiger partial charge in [0.05, 0.1) is 9.74 Å². The third-order valence-corrected chi connectivity index (χ3v) is 4.84. The molecule has 1 aliphatic rings. The summed E-state index contributed by atoms with van der Waals surface area (Å²) in [5.74, 6) is 0. The Morgan fingerprint density at radius 1 is 1.53 bits per heavy atom. The second kappa shape index (κ2) is 5.03. The van der Waals surface area contributed by atoms with Gasteiger partial charge in [0.15, 0.2) is 0 Å². The van der Waals surface area contributed by atoms with E-state index >= 15 is 0 Å². The summed E-state index contributed by atoms with van der Waals surface area (Å²) in [6, 6.07) is -0.0207. The molecule has 3 N–H and O–H groups in total. The van der Waals surface area contributed by atoms with Crippen LogP contribution in [0.3, 0.4) is 0 Å². The summed E-state index contributed by atoms with van der Waals surface area (Å²) in [5, 5.41) is 2.63. The average Bonchev–Trinajstić information content (AvgIpc) is 2.28. The van der Waals surface area contributed by atoms with Gasteiger partial charge in [0.25, 0.3) is 0 Å².